The first-order chi connectivity index (χ1) is 11.6. The lowest BCUT2D eigenvalue weighted by Gasteiger charge is -2.04. The summed E-state index contributed by atoms with van der Waals surface area (Å²) in [4.78, 5) is 11.6. The monoisotopic (exact) mass is 347 g/mol. The lowest BCUT2D eigenvalue weighted by molar-refractivity contribution is 0.0564. The van der Waals surface area contributed by atoms with Gasteiger partial charge in [0.25, 0.3) is 0 Å². The van der Waals surface area contributed by atoms with Crippen LogP contribution < -0.4 is 0 Å². The van der Waals surface area contributed by atoms with Gasteiger partial charge < -0.3 is 13.7 Å². The predicted molar refractivity (Wildman–Crippen MR) is 86.0 cm³/mol. The van der Waals surface area contributed by atoms with Gasteiger partial charge in [-0.3, -0.25) is 0 Å². The van der Waals surface area contributed by atoms with Crippen LogP contribution in [0, 0.1) is 5.82 Å². The molecule has 8 heteroatoms. The number of methoxy groups -OCH3 is 1. The van der Waals surface area contributed by atoms with Crippen LogP contribution in [-0.4, -0.2) is 27.8 Å². The van der Waals surface area contributed by atoms with Crippen molar-refractivity contribution in [1.82, 2.24) is 14.8 Å². The van der Waals surface area contributed by atoms with Gasteiger partial charge in [-0.05, 0) is 30.3 Å². The zero-order valence-corrected chi connectivity index (χ0v) is 13.8. The van der Waals surface area contributed by atoms with Crippen LogP contribution in [-0.2, 0) is 17.5 Å². The Morgan fingerprint density at radius 1 is 1.29 bits per heavy atom. The van der Waals surface area contributed by atoms with E-state index in [1.165, 1.54) is 37.3 Å². The Kier molecular flexibility index (Phi) is 4.66. The average molecular weight is 347 g/mol. The van der Waals surface area contributed by atoms with Crippen molar-refractivity contribution >= 4 is 17.7 Å². The van der Waals surface area contributed by atoms with Crippen LogP contribution in [0.1, 0.15) is 16.1 Å². The maximum atomic E-state index is 13.0. The van der Waals surface area contributed by atoms with Crippen LogP contribution in [0.3, 0.4) is 0 Å². The summed E-state index contributed by atoms with van der Waals surface area (Å²) in [5.41, 5.74) is 1.50. The minimum absolute atomic E-state index is 0.186. The normalized spacial score (nSPS) is 10.8. The van der Waals surface area contributed by atoms with Gasteiger partial charge in [0.1, 0.15) is 5.82 Å². The quantitative estimate of drug-likeness (QED) is 0.521. The SMILES string of the molecule is COC(=O)c1occc1CSc1nnc(-c2ccc(F)cc2)n1C. The highest BCUT2D eigenvalue weighted by atomic mass is 32.2. The number of thioether (sulfide) groups is 1. The summed E-state index contributed by atoms with van der Waals surface area (Å²) >= 11 is 1.41. The molecule has 6 nitrogen and oxygen atoms in total. The topological polar surface area (TPSA) is 70.2 Å². The van der Waals surface area contributed by atoms with E-state index < -0.39 is 5.97 Å². The van der Waals surface area contributed by atoms with Gasteiger partial charge in [-0.1, -0.05) is 11.8 Å². The molecule has 3 rings (SSSR count). The van der Waals surface area contributed by atoms with Crippen molar-refractivity contribution in [3.63, 3.8) is 0 Å². The molecule has 0 fully saturated rings. The molecule has 0 atom stereocenters. The fourth-order valence-corrected chi connectivity index (χ4v) is 3.04. The van der Waals surface area contributed by atoms with Gasteiger partial charge in [0.15, 0.2) is 11.0 Å². The Hall–Kier alpha value is -2.61. The molecule has 1 aromatic carbocycles. The molecule has 2 heterocycles. The van der Waals surface area contributed by atoms with Gasteiger partial charge in [-0.25, -0.2) is 9.18 Å². The van der Waals surface area contributed by atoms with Crippen LogP contribution in [0.5, 0.6) is 0 Å². The van der Waals surface area contributed by atoms with E-state index in [4.69, 9.17) is 4.42 Å². The number of ether oxygens (including phenoxy) is 1. The zero-order chi connectivity index (χ0) is 17.1. The molecule has 0 radical (unpaired) electrons. The molecule has 0 aliphatic carbocycles. The largest absolute Gasteiger partial charge is 0.463 e. The second-order valence-electron chi connectivity index (χ2n) is 4.93. The zero-order valence-electron chi connectivity index (χ0n) is 13.0. The van der Waals surface area contributed by atoms with Crippen molar-refractivity contribution in [1.29, 1.82) is 0 Å². The fourth-order valence-electron chi connectivity index (χ4n) is 2.15. The second kappa shape index (κ2) is 6.88. The van der Waals surface area contributed by atoms with E-state index in [2.05, 4.69) is 14.9 Å². The molecule has 0 saturated heterocycles. The summed E-state index contributed by atoms with van der Waals surface area (Å²) in [7, 11) is 3.14. The number of nitrogens with zero attached hydrogens (tertiary/aromatic N) is 3. The van der Waals surface area contributed by atoms with E-state index >= 15 is 0 Å². The number of halogens is 1. The molecule has 24 heavy (non-hydrogen) atoms. The molecular weight excluding hydrogens is 333 g/mol. The van der Waals surface area contributed by atoms with E-state index in [1.54, 1.807) is 18.2 Å². The van der Waals surface area contributed by atoms with E-state index in [0.29, 0.717) is 16.7 Å². The molecule has 0 unspecified atom stereocenters. The maximum absolute atomic E-state index is 13.0. The lowest BCUT2D eigenvalue weighted by Crippen LogP contribution is -2.02. The summed E-state index contributed by atoms with van der Waals surface area (Å²) in [5, 5.41) is 8.96. The molecule has 0 aliphatic rings. The third-order valence-electron chi connectivity index (χ3n) is 3.41. The summed E-state index contributed by atoms with van der Waals surface area (Å²) in [5.74, 6) is 0.492. The Bertz CT molecular complexity index is 858. The highest BCUT2D eigenvalue weighted by molar-refractivity contribution is 7.98. The van der Waals surface area contributed by atoms with Crippen molar-refractivity contribution in [2.24, 2.45) is 7.05 Å². The number of esters is 1. The Balaban J connectivity index is 1.77. The molecule has 0 spiro atoms. The second-order valence-corrected chi connectivity index (χ2v) is 5.87. The van der Waals surface area contributed by atoms with Gasteiger partial charge in [0.05, 0.1) is 13.4 Å². The number of hydrogen-bond donors (Lipinski definition) is 0. The summed E-state index contributed by atoms with van der Waals surface area (Å²) < 4.78 is 24.7. The van der Waals surface area contributed by atoms with Crippen molar-refractivity contribution < 1.29 is 18.3 Å². The van der Waals surface area contributed by atoms with E-state index in [0.717, 1.165) is 11.1 Å². The first-order valence-electron chi connectivity index (χ1n) is 7.03. The Morgan fingerprint density at radius 2 is 2.04 bits per heavy atom. The number of hydrogen-bond acceptors (Lipinski definition) is 6. The molecule has 0 aliphatic heterocycles. The van der Waals surface area contributed by atoms with Gasteiger partial charge >= 0.3 is 5.97 Å². The molecule has 0 amide bonds. The van der Waals surface area contributed by atoms with Crippen LogP contribution in [0.25, 0.3) is 11.4 Å². The number of carbonyl (C=O) groups excluding carboxylic acids is 1. The van der Waals surface area contributed by atoms with E-state index in [1.807, 2.05) is 11.6 Å². The van der Waals surface area contributed by atoms with Crippen LogP contribution in [0.2, 0.25) is 0 Å². The summed E-state index contributed by atoms with van der Waals surface area (Å²) in [6, 6.07) is 7.78. The summed E-state index contributed by atoms with van der Waals surface area (Å²) in [6.45, 7) is 0. The van der Waals surface area contributed by atoms with Gasteiger partial charge in [-0.2, -0.15) is 0 Å². The third kappa shape index (κ3) is 3.18. The van der Waals surface area contributed by atoms with Crippen molar-refractivity contribution in [3.05, 3.63) is 53.7 Å². The van der Waals surface area contributed by atoms with Crippen LogP contribution >= 0.6 is 11.8 Å². The molecule has 2 aromatic heterocycles. The van der Waals surface area contributed by atoms with Crippen molar-refractivity contribution in [3.8, 4) is 11.4 Å². The lowest BCUT2D eigenvalue weighted by atomic mass is 10.2. The molecular formula is C16H14FN3O3S. The van der Waals surface area contributed by atoms with E-state index in [9.17, 15) is 9.18 Å². The first kappa shape index (κ1) is 16.3. The molecule has 124 valence electrons. The number of rotatable bonds is 5. The van der Waals surface area contributed by atoms with Gasteiger partial charge in [0, 0.05) is 23.9 Å². The average Bonchev–Trinajstić information content (AvgIpc) is 3.20. The third-order valence-corrected chi connectivity index (χ3v) is 4.48. The molecule has 0 N–H and O–H groups in total. The predicted octanol–water partition coefficient (Wildman–Crippen LogP) is 3.29. The summed E-state index contributed by atoms with van der Waals surface area (Å²) in [6.07, 6.45) is 1.45. The number of benzene rings is 1. The molecule has 0 saturated carbocycles. The minimum Gasteiger partial charge on any atom is -0.463 e. The fraction of sp³-hybridized carbons (Fsp3) is 0.188. The van der Waals surface area contributed by atoms with Crippen molar-refractivity contribution in [2.75, 3.05) is 7.11 Å². The van der Waals surface area contributed by atoms with Crippen LogP contribution in [0.4, 0.5) is 4.39 Å². The van der Waals surface area contributed by atoms with Crippen molar-refractivity contribution in [2.45, 2.75) is 10.9 Å². The Labute approximate surface area is 141 Å². The first-order valence-corrected chi connectivity index (χ1v) is 8.01. The van der Waals surface area contributed by atoms with Gasteiger partial charge in [-0.15, -0.1) is 10.2 Å². The maximum Gasteiger partial charge on any atom is 0.374 e. The number of carbonyl (C=O) groups is 1. The number of furan rings is 1. The molecule has 3 aromatic rings. The standard InChI is InChI=1S/C16H14FN3O3S/c1-20-14(10-3-5-12(17)6-4-10)18-19-16(20)24-9-11-7-8-23-13(11)15(21)22-2/h3-8H,9H2,1-2H3. The highest BCUT2D eigenvalue weighted by Crippen LogP contribution is 2.27. The molecule has 0 bridgehead atoms. The minimum atomic E-state index is -0.513. The highest BCUT2D eigenvalue weighted by Gasteiger charge is 2.17. The van der Waals surface area contributed by atoms with Crippen LogP contribution in [0.15, 0.2) is 46.2 Å². The smallest absolute Gasteiger partial charge is 0.374 e. The Morgan fingerprint density at radius 3 is 2.75 bits per heavy atom. The van der Waals surface area contributed by atoms with Gasteiger partial charge in [0.2, 0.25) is 5.76 Å². The number of aromatic nitrogens is 3. The van der Waals surface area contributed by atoms with E-state index in [-0.39, 0.29) is 11.6 Å².